The van der Waals surface area contributed by atoms with E-state index in [-0.39, 0.29) is 17.9 Å². The highest BCUT2D eigenvalue weighted by molar-refractivity contribution is 6.31. The molecule has 2 atom stereocenters. The number of benzene rings is 1. The molecule has 0 aliphatic carbocycles. The molecule has 0 bridgehead atoms. The summed E-state index contributed by atoms with van der Waals surface area (Å²) in [4.78, 5) is 11.2. The first-order chi connectivity index (χ1) is 8.40. The third-order valence-electron chi connectivity index (χ3n) is 2.29. The van der Waals surface area contributed by atoms with Crippen molar-refractivity contribution in [2.45, 2.75) is 19.1 Å². The summed E-state index contributed by atoms with van der Waals surface area (Å²) in [6.45, 7) is 1.60. The van der Waals surface area contributed by atoms with E-state index in [1.165, 1.54) is 12.1 Å². The zero-order valence-electron chi connectivity index (χ0n) is 9.56. The fourth-order valence-corrected chi connectivity index (χ4v) is 1.62. The van der Waals surface area contributed by atoms with E-state index in [1.807, 2.05) is 0 Å². The average molecular weight is 278 g/mol. The van der Waals surface area contributed by atoms with Gasteiger partial charge in [0, 0.05) is 5.56 Å². The second-order valence-electron chi connectivity index (χ2n) is 3.51. The van der Waals surface area contributed by atoms with E-state index in [4.69, 9.17) is 17.3 Å². The number of carbonyl (C=O) groups is 1. The Morgan fingerprint density at radius 1 is 1.56 bits per heavy atom. The molecule has 0 aromatic heterocycles. The van der Waals surface area contributed by atoms with Crippen LogP contribution in [0.2, 0.25) is 5.02 Å². The van der Waals surface area contributed by atoms with Crippen LogP contribution in [0.15, 0.2) is 12.1 Å². The van der Waals surface area contributed by atoms with Crippen molar-refractivity contribution in [1.82, 2.24) is 0 Å². The fraction of sp³-hybridized carbons (Fsp3) is 0.364. The molecule has 18 heavy (non-hydrogen) atoms. The maximum absolute atomic E-state index is 13.4. The van der Waals surface area contributed by atoms with Crippen LogP contribution in [0.3, 0.4) is 0 Å². The lowest BCUT2D eigenvalue weighted by molar-refractivity contribution is -0.159. The Labute approximate surface area is 108 Å². The highest BCUT2D eigenvalue weighted by atomic mass is 35.5. The minimum atomic E-state index is -1.84. The summed E-state index contributed by atoms with van der Waals surface area (Å²) in [5.74, 6) is -1.93. The first-order valence-electron chi connectivity index (χ1n) is 5.16. The molecule has 5 nitrogen and oxygen atoms in total. The zero-order chi connectivity index (χ0) is 13.9. The quantitative estimate of drug-likeness (QED) is 0.564. The number of aliphatic hydroxyl groups excluding tert-OH is 2. The van der Waals surface area contributed by atoms with Crippen LogP contribution >= 0.6 is 11.6 Å². The fourth-order valence-electron chi connectivity index (χ4n) is 1.33. The van der Waals surface area contributed by atoms with Crippen LogP contribution in [-0.4, -0.2) is 28.9 Å². The zero-order valence-corrected chi connectivity index (χ0v) is 10.3. The van der Waals surface area contributed by atoms with Gasteiger partial charge in [0.25, 0.3) is 0 Å². The van der Waals surface area contributed by atoms with Gasteiger partial charge in [-0.1, -0.05) is 17.7 Å². The summed E-state index contributed by atoms with van der Waals surface area (Å²) < 4.78 is 17.9. The second kappa shape index (κ2) is 5.99. The molecule has 0 saturated heterocycles. The highest BCUT2D eigenvalue weighted by Gasteiger charge is 2.29. The van der Waals surface area contributed by atoms with Gasteiger partial charge in [0.05, 0.1) is 17.3 Å². The molecule has 1 aromatic carbocycles. The molecule has 7 heteroatoms. The predicted octanol–water partition coefficient (Wildman–Crippen LogP) is 1.02. The van der Waals surface area contributed by atoms with Crippen molar-refractivity contribution in [1.29, 1.82) is 0 Å². The Bertz CT molecular complexity index is 455. The van der Waals surface area contributed by atoms with Crippen molar-refractivity contribution in [2.24, 2.45) is 0 Å². The lowest BCUT2D eigenvalue weighted by atomic mass is 10.0. The van der Waals surface area contributed by atoms with Crippen LogP contribution < -0.4 is 5.73 Å². The SMILES string of the molecule is CCOC(=O)C(O)C(O)c1ccc(N)c(F)c1Cl. The molecule has 0 spiro atoms. The number of esters is 1. The van der Waals surface area contributed by atoms with Crippen molar-refractivity contribution >= 4 is 23.3 Å². The van der Waals surface area contributed by atoms with Gasteiger partial charge in [-0.25, -0.2) is 9.18 Å². The first kappa shape index (κ1) is 14.7. The number of carbonyl (C=O) groups excluding carboxylic acids is 1. The van der Waals surface area contributed by atoms with Crippen molar-refractivity contribution in [3.8, 4) is 0 Å². The minimum absolute atomic E-state index is 0.0481. The summed E-state index contributed by atoms with van der Waals surface area (Å²) in [5.41, 5.74) is 4.95. The van der Waals surface area contributed by atoms with Gasteiger partial charge in [0.2, 0.25) is 0 Å². The van der Waals surface area contributed by atoms with Crippen LogP contribution in [0.5, 0.6) is 0 Å². The lowest BCUT2D eigenvalue weighted by Crippen LogP contribution is -2.30. The summed E-state index contributed by atoms with van der Waals surface area (Å²) in [5, 5.41) is 18.8. The third-order valence-corrected chi connectivity index (χ3v) is 2.67. The van der Waals surface area contributed by atoms with Crippen molar-refractivity contribution < 1.29 is 24.1 Å². The van der Waals surface area contributed by atoms with Gasteiger partial charge in [-0.05, 0) is 13.0 Å². The number of hydrogen-bond donors (Lipinski definition) is 3. The Hall–Kier alpha value is -1.37. The Balaban J connectivity index is 3.00. The molecule has 0 radical (unpaired) electrons. The first-order valence-corrected chi connectivity index (χ1v) is 5.54. The van der Waals surface area contributed by atoms with Crippen LogP contribution in [0.1, 0.15) is 18.6 Å². The predicted molar refractivity (Wildman–Crippen MR) is 63.4 cm³/mol. The number of rotatable bonds is 4. The molecule has 0 amide bonds. The molecule has 100 valence electrons. The van der Waals surface area contributed by atoms with Gasteiger partial charge in [-0.2, -0.15) is 0 Å². The molecule has 0 aliphatic rings. The standard InChI is InChI=1S/C11H13ClFNO4/c1-2-18-11(17)10(16)9(15)5-3-4-6(14)8(13)7(5)12/h3-4,9-10,15-16H,2,14H2,1H3. The average Bonchev–Trinajstić information content (AvgIpc) is 2.35. The number of nitrogens with two attached hydrogens (primary N) is 1. The molecule has 0 fully saturated rings. The van der Waals surface area contributed by atoms with Crippen molar-refractivity contribution in [3.63, 3.8) is 0 Å². The van der Waals surface area contributed by atoms with E-state index >= 15 is 0 Å². The van der Waals surface area contributed by atoms with Crippen molar-refractivity contribution in [3.05, 3.63) is 28.5 Å². The number of ether oxygens (including phenoxy) is 1. The normalized spacial score (nSPS) is 14.1. The topological polar surface area (TPSA) is 92.8 Å². The third kappa shape index (κ3) is 2.90. The monoisotopic (exact) mass is 277 g/mol. The lowest BCUT2D eigenvalue weighted by Gasteiger charge is -2.18. The highest BCUT2D eigenvalue weighted by Crippen LogP contribution is 2.30. The Morgan fingerprint density at radius 3 is 2.72 bits per heavy atom. The van der Waals surface area contributed by atoms with E-state index < -0.39 is 29.0 Å². The van der Waals surface area contributed by atoms with E-state index in [0.29, 0.717) is 0 Å². The number of halogens is 2. The van der Waals surface area contributed by atoms with Gasteiger partial charge < -0.3 is 20.7 Å². The maximum atomic E-state index is 13.4. The van der Waals surface area contributed by atoms with Gasteiger partial charge in [0.15, 0.2) is 11.9 Å². The summed E-state index contributed by atoms with van der Waals surface area (Å²) in [6, 6.07) is 2.41. The van der Waals surface area contributed by atoms with Crippen LogP contribution in [0.25, 0.3) is 0 Å². The van der Waals surface area contributed by atoms with Gasteiger partial charge in [-0.3, -0.25) is 0 Å². The minimum Gasteiger partial charge on any atom is -0.464 e. The summed E-state index contributed by atoms with van der Waals surface area (Å²) >= 11 is 5.64. The summed E-state index contributed by atoms with van der Waals surface area (Å²) in [7, 11) is 0. The largest absolute Gasteiger partial charge is 0.464 e. The Morgan fingerprint density at radius 2 is 2.17 bits per heavy atom. The molecular weight excluding hydrogens is 265 g/mol. The number of anilines is 1. The van der Waals surface area contributed by atoms with Gasteiger partial charge in [0.1, 0.15) is 6.10 Å². The van der Waals surface area contributed by atoms with E-state index in [0.717, 1.165) is 0 Å². The summed E-state index contributed by atoms with van der Waals surface area (Å²) in [6.07, 6.45) is -3.53. The van der Waals surface area contributed by atoms with Crippen LogP contribution in [0.4, 0.5) is 10.1 Å². The molecule has 0 saturated carbocycles. The van der Waals surface area contributed by atoms with Crippen molar-refractivity contribution in [2.75, 3.05) is 12.3 Å². The Kier molecular flexibility index (Phi) is 4.89. The van der Waals surface area contributed by atoms with Crippen LogP contribution in [0, 0.1) is 5.82 Å². The smallest absolute Gasteiger partial charge is 0.338 e. The number of nitrogen functional groups attached to an aromatic ring is 1. The molecule has 1 aromatic rings. The van der Waals surface area contributed by atoms with E-state index in [9.17, 15) is 19.4 Å². The molecule has 1 rings (SSSR count). The number of hydrogen-bond acceptors (Lipinski definition) is 5. The second-order valence-corrected chi connectivity index (χ2v) is 3.89. The molecular formula is C11H13ClFNO4. The molecule has 4 N–H and O–H groups in total. The maximum Gasteiger partial charge on any atom is 0.338 e. The number of aliphatic hydroxyl groups is 2. The van der Waals surface area contributed by atoms with Gasteiger partial charge >= 0.3 is 5.97 Å². The molecule has 0 aliphatic heterocycles. The van der Waals surface area contributed by atoms with Crippen LogP contribution in [-0.2, 0) is 9.53 Å². The van der Waals surface area contributed by atoms with E-state index in [1.54, 1.807) is 6.92 Å². The molecule has 0 heterocycles. The molecule has 2 unspecified atom stereocenters. The van der Waals surface area contributed by atoms with E-state index in [2.05, 4.69) is 4.74 Å². The van der Waals surface area contributed by atoms with Gasteiger partial charge in [-0.15, -0.1) is 0 Å².